The number of aliphatic imine (C=N–C) groups is 1. The van der Waals surface area contributed by atoms with Crippen molar-refractivity contribution in [1.82, 2.24) is 4.98 Å². The van der Waals surface area contributed by atoms with Crippen molar-refractivity contribution < 1.29 is 4.74 Å². The highest BCUT2D eigenvalue weighted by Crippen LogP contribution is 2.42. The number of nitrogens with zero attached hydrogens (tertiary/aromatic N) is 4. The molecule has 3 heterocycles. The number of hydrogen-bond acceptors (Lipinski definition) is 5. The average molecular weight is 679 g/mol. The monoisotopic (exact) mass is 676 g/mol. The molecule has 0 amide bonds. The van der Waals surface area contributed by atoms with Gasteiger partial charge in [-0.15, -0.1) is 0 Å². The van der Waals surface area contributed by atoms with Crippen LogP contribution in [0.15, 0.2) is 75.7 Å². The minimum absolute atomic E-state index is 0.173. The summed E-state index contributed by atoms with van der Waals surface area (Å²) >= 11 is 7.80. The van der Waals surface area contributed by atoms with Crippen LogP contribution < -0.4 is 9.80 Å². The number of allylic oxidation sites excluding steroid dienone is 2. The molecule has 1 saturated heterocycles. The van der Waals surface area contributed by atoms with Gasteiger partial charge in [0.1, 0.15) is 11.9 Å². The van der Waals surface area contributed by atoms with Crippen molar-refractivity contribution in [3.63, 3.8) is 0 Å². The Balaban J connectivity index is 1.71. The van der Waals surface area contributed by atoms with Gasteiger partial charge in [-0.1, -0.05) is 51.3 Å². The van der Waals surface area contributed by atoms with Crippen LogP contribution in [0.4, 0.5) is 11.4 Å². The molecule has 2 aliphatic rings. The van der Waals surface area contributed by atoms with Gasteiger partial charge in [-0.2, -0.15) is 0 Å². The number of rotatable bonds is 6. The van der Waals surface area contributed by atoms with Crippen molar-refractivity contribution >= 4 is 48.9 Å². The zero-order valence-corrected chi connectivity index (χ0v) is 28.1. The summed E-state index contributed by atoms with van der Waals surface area (Å²) in [5.41, 5.74) is 13.1. The molecule has 2 aliphatic heterocycles. The first-order chi connectivity index (χ1) is 19.6. The van der Waals surface area contributed by atoms with Gasteiger partial charge in [0.25, 0.3) is 0 Å². The second-order valence-corrected chi connectivity index (χ2v) is 12.8. The molecule has 2 unspecified atom stereocenters. The highest BCUT2D eigenvalue weighted by molar-refractivity contribution is 9.10. The smallest absolute Gasteiger partial charge is 0.140 e. The number of benzene rings is 2. The largest absolute Gasteiger partial charge is 0.366 e. The molecule has 1 fully saturated rings. The molecule has 3 aromatic rings. The number of halogens is 2. The van der Waals surface area contributed by atoms with Crippen LogP contribution in [0.25, 0.3) is 0 Å². The van der Waals surface area contributed by atoms with E-state index in [0.717, 1.165) is 34.5 Å². The number of alkyl halides is 1. The van der Waals surface area contributed by atoms with Crippen LogP contribution in [-0.4, -0.2) is 35.2 Å². The van der Waals surface area contributed by atoms with E-state index >= 15 is 0 Å². The SMILES string of the molecule is CCOC(C1=NC=CC(=C2N(c3c(C)cc(C)cc3C)CCN2c2c(C)cc(C)cc2C)C1Br)c1ncccc1Br. The normalized spacial score (nSPS) is 17.9. The van der Waals surface area contributed by atoms with Crippen LogP contribution in [-0.2, 0) is 4.74 Å². The number of anilines is 2. The Morgan fingerprint density at radius 2 is 1.44 bits per heavy atom. The van der Waals surface area contributed by atoms with Crippen molar-refractivity contribution in [2.24, 2.45) is 4.99 Å². The predicted molar refractivity (Wildman–Crippen MR) is 179 cm³/mol. The van der Waals surface area contributed by atoms with E-state index < -0.39 is 6.10 Å². The molecule has 5 rings (SSSR count). The Hall–Kier alpha value is -2.74. The Kier molecular flexibility index (Phi) is 8.88. The first-order valence-electron chi connectivity index (χ1n) is 14.2. The van der Waals surface area contributed by atoms with Crippen LogP contribution in [0.2, 0.25) is 0 Å². The topological polar surface area (TPSA) is 41.0 Å². The Labute approximate surface area is 261 Å². The van der Waals surface area contributed by atoms with Gasteiger partial charge in [-0.25, -0.2) is 0 Å². The third kappa shape index (κ3) is 5.69. The molecule has 2 atom stereocenters. The van der Waals surface area contributed by atoms with Gasteiger partial charge in [0.05, 0.1) is 16.2 Å². The van der Waals surface area contributed by atoms with Gasteiger partial charge >= 0.3 is 0 Å². The maximum Gasteiger partial charge on any atom is 0.140 e. The standard InChI is InChI=1S/C34H38Br2N4O/c1-8-41-33(29-27(35)10-9-12-37-29)30-28(36)26(11-13-38-30)34-39(31-22(4)16-20(2)17-23(31)5)14-15-40(34)32-24(6)18-21(3)19-25(32)7/h9-13,16-19,28,33H,8,14-15H2,1-7H3. The predicted octanol–water partition coefficient (Wildman–Crippen LogP) is 8.74. The first kappa shape index (κ1) is 29.7. The Morgan fingerprint density at radius 1 is 0.902 bits per heavy atom. The Bertz CT molecular complexity index is 1460. The summed E-state index contributed by atoms with van der Waals surface area (Å²) in [6.07, 6.45) is 5.48. The fourth-order valence-corrected chi connectivity index (χ4v) is 7.64. The lowest BCUT2D eigenvalue weighted by Crippen LogP contribution is -2.34. The maximum atomic E-state index is 6.32. The summed E-state index contributed by atoms with van der Waals surface area (Å²) in [5, 5.41) is 0. The molecule has 0 N–H and O–H groups in total. The van der Waals surface area contributed by atoms with Crippen LogP contribution in [0.3, 0.4) is 0 Å². The minimum atomic E-state index is -0.394. The van der Waals surface area contributed by atoms with Crippen LogP contribution in [0.5, 0.6) is 0 Å². The van der Waals surface area contributed by atoms with Gasteiger partial charge in [-0.05, 0) is 105 Å². The molecular weight excluding hydrogens is 640 g/mol. The second-order valence-electron chi connectivity index (χ2n) is 11.0. The van der Waals surface area contributed by atoms with E-state index in [4.69, 9.17) is 9.73 Å². The molecule has 2 aromatic carbocycles. The highest BCUT2D eigenvalue weighted by Gasteiger charge is 2.38. The number of pyridine rings is 1. The first-order valence-corrected chi connectivity index (χ1v) is 15.9. The fourth-order valence-electron chi connectivity index (χ4n) is 6.46. The number of aryl methyl sites for hydroxylation is 6. The lowest BCUT2D eigenvalue weighted by Gasteiger charge is -2.34. The summed E-state index contributed by atoms with van der Waals surface area (Å²) in [6, 6.07) is 13.1. The van der Waals surface area contributed by atoms with Crippen molar-refractivity contribution in [1.29, 1.82) is 0 Å². The molecular formula is C34H38Br2N4O. The molecule has 41 heavy (non-hydrogen) atoms. The fraction of sp³-hybridized carbons (Fsp3) is 0.353. The van der Waals surface area contributed by atoms with E-state index in [1.165, 1.54) is 50.6 Å². The average Bonchev–Trinajstić information content (AvgIpc) is 3.30. The lowest BCUT2D eigenvalue weighted by molar-refractivity contribution is 0.106. The number of aromatic nitrogens is 1. The molecule has 5 nitrogen and oxygen atoms in total. The lowest BCUT2D eigenvalue weighted by atomic mass is 9.97. The van der Waals surface area contributed by atoms with Crippen molar-refractivity contribution in [2.45, 2.75) is 59.4 Å². The highest BCUT2D eigenvalue weighted by atomic mass is 79.9. The second kappa shape index (κ2) is 12.2. The van der Waals surface area contributed by atoms with Gasteiger partial charge in [0.2, 0.25) is 0 Å². The Morgan fingerprint density at radius 3 is 1.93 bits per heavy atom. The van der Waals surface area contributed by atoms with Crippen LogP contribution in [0.1, 0.15) is 52.1 Å². The maximum absolute atomic E-state index is 6.32. The summed E-state index contributed by atoms with van der Waals surface area (Å²) in [5.74, 6) is 1.18. The number of hydrogen-bond donors (Lipinski definition) is 0. The quantitative estimate of drug-likeness (QED) is 0.245. The summed E-state index contributed by atoms with van der Waals surface area (Å²) in [6.45, 7) is 17.6. The molecule has 0 radical (unpaired) electrons. The third-order valence-electron chi connectivity index (χ3n) is 7.78. The molecule has 0 spiro atoms. The van der Waals surface area contributed by atoms with E-state index in [0.29, 0.717) is 6.61 Å². The zero-order valence-electron chi connectivity index (χ0n) is 24.9. The van der Waals surface area contributed by atoms with E-state index in [9.17, 15) is 0 Å². The molecule has 1 aromatic heterocycles. The van der Waals surface area contributed by atoms with Crippen molar-refractivity contribution in [3.05, 3.63) is 110 Å². The van der Waals surface area contributed by atoms with E-state index in [1.54, 1.807) is 6.20 Å². The van der Waals surface area contributed by atoms with E-state index in [2.05, 4.69) is 119 Å². The summed E-state index contributed by atoms with van der Waals surface area (Å²) in [7, 11) is 0. The summed E-state index contributed by atoms with van der Waals surface area (Å²) < 4.78 is 7.23. The molecule has 0 aliphatic carbocycles. The zero-order chi connectivity index (χ0) is 29.4. The third-order valence-corrected chi connectivity index (χ3v) is 9.41. The molecule has 0 bridgehead atoms. The summed E-state index contributed by atoms with van der Waals surface area (Å²) in [4.78, 5) is 14.4. The van der Waals surface area contributed by atoms with Gasteiger partial charge in [-0.3, -0.25) is 9.98 Å². The molecule has 0 saturated carbocycles. The van der Waals surface area contributed by atoms with Crippen molar-refractivity contribution in [2.75, 3.05) is 29.5 Å². The van der Waals surface area contributed by atoms with Gasteiger partial charge in [0, 0.05) is 53.5 Å². The van der Waals surface area contributed by atoms with Crippen LogP contribution in [0, 0.1) is 41.5 Å². The van der Waals surface area contributed by atoms with Crippen LogP contribution >= 0.6 is 31.9 Å². The van der Waals surface area contributed by atoms with Gasteiger partial charge < -0.3 is 14.5 Å². The number of ether oxygens (including phenoxy) is 1. The molecule has 7 heteroatoms. The molecule has 214 valence electrons. The van der Waals surface area contributed by atoms with E-state index in [-0.39, 0.29) is 4.83 Å². The van der Waals surface area contributed by atoms with Crippen molar-refractivity contribution in [3.8, 4) is 0 Å². The minimum Gasteiger partial charge on any atom is -0.366 e. The van der Waals surface area contributed by atoms with E-state index in [1.807, 2.05) is 25.3 Å². The van der Waals surface area contributed by atoms with Gasteiger partial charge in [0.15, 0.2) is 0 Å².